The van der Waals surface area contributed by atoms with E-state index in [4.69, 9.17) is 0 Å². The lowest BCUT2D eigenvalue weighted by atomic mass is 9.88. The average molecular weight is 205 g/mol. The molecular weight excluding hydrogens is 184 g/mol. The standard InChI is InChI=1S/C10H22O2S/c1-9(2,3)7-6-8-10(4,5)13(11)12/h6-8H2,1-5H3,(H,11,12)/p-1. The quantitative estimate of drug-likeness (QED) is 0.662. The molecule has 0 N–H and O–H groups in total. The van der Waals surface area contributed by atoms with Gasteiger partial charge >= 0.3 is 0 Å². The molecule has 0 fully saturated rings. The molecule has 0 aromatic carbocycles. The zero-order chi connectivity index (χ0) is 10.7. The first-order valence-electron chi connectivity index (χ1n) is 4.74. The summed E-state index contributed by atoms with van der Waals surface area (Å²) in [5, 5.41) is 0. The third-order valence-corrected chi connectivity index (χ3v) is 3.26. The minimum Gasteiger partial charge on any atom is -0.772 e. The van der Waals surface area contributed by atoms with Crippen LogP contribution in [0.1, 0.15) is 53.9 Å². The van der Waals surface area contributed by atoms with E-state index in [1.165, 1.54) is 0 Å². The summed E-state index contributed by atoms with van der Waals surface area (Å²) in [7, 11) is 0. The van der Waals surface area contributed by atoms with Gasteiger partial charge in [-0.2, -0.15) is 0 Å². The Labute approximate surface area is 84.4 Å². The van der Waals surface area contributed by atoms with Crippen LogP contribution in [0.25, 0.3) is 0 Å². The third-order valence-electron chi connectivity index (χ3n) is 2.16. The van der Waals surface area contributed by atoms with Gasteiger partial charge in [0.1, 0.15) is 0 Å². The molecule has 1 unspecified atom stereocenters. The van der Waals surface area contributed by atoms with Crippen molar-refractivity contribution in [3.8, 4) is 0 Å². The average Bonchev–Trinajstić information content (AvgIpc) is 1.82. The van der Waals surface area contributed by atoms with E-state index >= 15 is 0 Å². The van der Waals surface area contributed by atoms with Crippen LogP contribution >= 0.6 is 0 Å². The predicted molar refractivity (Wildman–Crippen MR) is 56.3 cm³/mol. The summed E-state index contributed by atoms with van der Waals surface area (Å²) in [6, 6.07) is 0. The first-order valence-corrected chi connectivity index (χ1v) is 5.82. The molecule has 0 heterocycles. The van der Waals surface area contributed by atoms with Gasteiger partial charge in [-0.25, -0.2) is 0 Å². The molecule has 0 aromatic rings. The van der Waals surface area contributed by atoms with Crippen molar-refractivity contribution in [3.63, 3.8) is 0 Å². The molecule has 3 heteroatoms. The smallest absolute Gasteiger partial charge is 0.0271 e. The first kappa shape index (κ1) is 13.1. The zero-order valence-corrected chi connectivity index (χ0v) is 10.2. The number of hydrogen-bond acceptors (Lipinski definition) is 2. The van der Waals surface area contributed by atoms with Crippen molar-refractivity contribution in [2.45, 2.75) is 58.6 Å². The summed E-state index contributed by atoms with van der Waals surface area (Å²) in [5.41, 5.74) is 0.306. The van der Waals surface area contributed by atoms with Crippen molar-refractivity contribution < 1.29 is 8.76 Å². The monoisotopic (exact) mass is 205 g/mol. The van der Waals surface area contributed by atoms with Crippen LogP contribution in [0.5, 0.6) is 0 Å². The van der Waals surface area contributed by atoms with Crippen molar-refractivity contribution in [2.75, 3.05) is 0 Å². The fourth-order valence-electron chi connectivity index (χ4n) is 1.13. The van der Waals surface area contributed by atoms with E-state index in [1.807, 2.05) is 0 Å². The molecule has 1 atom stereocenters. The Morgan fingerprint density at radius 1 is 1.08 bits per heavy atom. The summed E-state index contributed by atoms with van der Waals surface area (Å²) in [4.78, 5) is 0. The van der Waals surface area contributed by atoms with Gasteiger partial charge < -0.3 is 4.55 Å². The molecule has 0 aromatic heterocycles. The van der Waals surface area contributed by atoms with Crippen molar-refractivity contribution in [1.29, 1.82) is 0 Å². The lowest BCUT2D eigenvalue weighted by molar-refractivity contribution is 0.348. The van der Waals surface area contributed by atoms with Gasteiger partial charge in [-0.15, -0.1) is 0 Å². The highest BCUT2D eigenvalue weighted by Crippen LogP contribution is 2.26. The van der Waals surface area contributed by atoms with Crippen LogP contribution in [0.2, 0.25) is 0 Å². The molecule has 80 valence electrons. The summed E-state index contributed by atoms with van der Waals surface area (Å²) in [5.74, 6) is 0. The summed E-state index contributed by atoms with van der Waals surface area (Å²) in [6.45, 7) is 10.1. The van der Waals surface area contributed by atoms with Crippen LogP contribution in [-0.4, -0.2) is 13.5 Å². The van der Waals surface area contributed by atoms with Gasteiger partial charge in [0.05, 0.1) is 0 Å². The molecular formula is C10H21O2S-. The van der Waals surface area contributed by atoms with Crippen LogP contribution in [0.4, 0.5) is 0 Å². The van der Waals surface area contributed by atoms with E-state index in [9.17, 15) is 8.76 Å². The van der Waals surface area contributed by atoms with E-state index in [2.05, 4.69) is 20.8 Å². The molecule has 0 saturated heterocycles. The van der Waals surface area contributed by atoms with Crippen LogP contribution in [-0.2, 0) is 11.1 Å². The van der Waals surface area contributed by atoms with Crippen molar-refractivity contribution in [1.82, 2.24) is 0 Å². The number of rotatable bonds is 4. The molecule has 0 aliphatic heterocycles. The Morgan fingerprint density at radius 2 is 1.54 bits per heavy atom. The van der Waals surface area contributed by atoms with Crippen molar-refractivity contribution in [2.24, 2.45) is 5.41 Å². The van der Waals surface area contributed by atoms with Crippen molar-refractivity contribution >= 4 is 11.1 Å². The van der Waals surface area contributed by atoms with Gasteiger partial charge in [-0.1, -0.05) is 27.2 Å². The Kier molecular flexibility index (Phi) is 4.60. The highest BCUT2D eigenvalue weighted by Gasteiger charge is 2.19. The lowest BCUT2D eigenvalue weighted by Gasteiger charge is -2.28. The Balaban J connectivity index is 3.84. The second-order valence-electron chi connectivity index (χ2n) is 5.41. The highest BCUT2D eigenvalue weighted by molar-refractivity contribution is 7.80. The maximum Gasteiger partial charge on any atom is 0.0271 e. The van der Waals surface area contributed by atoms with Gasteiger partial charge in [0.25, 0.3) is 0 Å². The summed E-state index contributed by atoms with van der Waals surface area (Å²) >= 11 is -1.95. The van der Waals surface area contributed by atoms with E-state index < -0.39 is 15.8 Å². The van der Waals surface area contributed by atoms with E-state index in [0.717, 1.165) is 19.3 Å². The van der Waals surface area contributed by atoms with Gasteiger partial charge in [-0.3, -0.25) is 4.21 Å². The van der Waals surface area contributed by atoms with Crippen LogP contribution in [0.15, 0.2) is 0 Å². The Bertz CT molecular complexity index is 180. The van der Waals surface area contributed by atoms with E-state index in [-0.39, 0.29) is 0 Å². The zero-order valence-electron chi connectivity index (χ0n) is 9.35. The largest absolute Gasteiger partial charge is 0.772 e. The van der Waals surface area contributed by atoms with Gasteiger partial charge in [0, 0.05) is 4.75 Å². The molecule has 0 spiro atoms. The van der Waals surface area contributed by atoms with Gasteiger partial charge in [0.2, 0.25) is 0 Å². The molecule has 13 heavy (non-hydrogen) atoms. The van der Waals surface area contributed by atoms with Crippen LogP contribution in [0, 0.1) is 5.41 Å². The minimum atomic E-state index is -1.95. The Morgan fingerprint density at radius 3 is 1.85 bits per heavy atom. The molecule has 0 amide bonds. The molecule has 2 nitrogen and oxygen atoms in total. The molecule has 0 saturated carbocycles. The SMILES string of the molecule is CC(C)(C)CCCC(C)(C)S(=O)[O-]. The van der Waals surface area contributed by atoms with E-state index in [0.29, 0.717) is 5.41 Å². The topological polar surface area (TPSA) is 40.1 Å². The minimum absolute atomic E-state index is 0.306. The summed E-state index contributed by atoms with van der Waals surface area (Å²) in [6.07, 6.45) is 2.80. The maximum absolute atomic E-state index is 10.8. The first-order chi connectivity index (χ1) is 5.65. The van der Waals surface area contributed by atoms with Crippen LogP contribution in [0.3, 0.4) is 0 Å². The fraction of sp³-hybridized carbons (Fsp3) is 1.00. The normalized spacial score (nSPS) is 15.8. The predicted octanol–water partition coefficient (Wildman–Crippen LogP) is 2.86. The van der Waals surface area contributed by atoms with Crippen LogP contribution < -0.4 is 0 Å². The fourth-order valence-corrected chi connectivity index (χ4v) is 1.44. The van der Waals surface area contributed by atoms with Gasteiger partial charge in [0.15, 0.2) is 0 Å². The summed E-state index contributed by atoms with van der Waals surface area (Å²) < 4.78 is 21.0. The van der Waals surface area contributed by atoms with Gasteiger partial charge in [-0.05, 0) is 43.2 Å². The number of hydrogen-bond donors (Lipinski definition) is 0. The molecule has 0 bridgehead atoms. The maximum atomic E-state index is 10.8. The Hall–Kier alpha value is 0.110. The highest BCUT2D eigenvalue weighted by atomic mass is 32.2. The second kappa shape index (κ2) is 4.56. The van der Waals surface area contributed by atoms with Crippen molar-refractivity contribution in [3.05, 3.63) is 0 Å². The second-order valence-corrected chi connectivity index (χ2v) is 6.98. The molecule has 0 rings (SSSR count). The van der Waals surface area contributed by atoms with E-state index in [1.54, 1.807) is 13.8 Å². The lowest BCUT2D eigenvalue weighted by Crippen LogP contribution is -2.26. The molecule has 0 aliphatic rings. The molecule has 0 aliphatic carbocycles. The third kappa shape index (κ3) is 6.22. The molecule has 0 radical (unpaired) electrons.